The fourth-order valence-corrected chi connectivity index (χ4v) is 1.66. The molecule has 0 aliphatic heterocycles. The Kier molecular flexibility index (Phi) is 3.52. The van der Waals surface area contributed by atoms with Gasteiger partial charge in [-0.2, -0.15) is 0 Å². The van der Waals surface area contributed by atoms with Gasteiger partial charge in [-0.1, -0.05) is 13.0 Å². The molecule has 1 saturated carbocycles. The molecule has 1 aliphatic carbocycles. The number of hydrogen-bond donors (Lipinski definition) is 1. The van der Waals surface area contributed by atoms with Crippen LogP contribution < -0.4 is 5.32 Å². The Balaban J connectivity index is 2.07. The van der Waals surface area contributed by atoms with E-state index in [0.717, 1.165) is 12.6 Å². The molecule has 0 radical (unpaired) electrons. The van der Waals surface area contributed by atoms with E-state index in [4.69, 9.17) is 0 Å². The highest BCUT2D eigenvalue weighted by molar-refractivity contribution is 4.66. The first kappa shape index (κ1) is 7.80. The van der Waals surface area contributed by atoms with Crippen molar-refractivity contribution in [1.29, 1.82) is 0 Å². The van der Waals surface area contributed by atoms with Crippen LogP contribution in [0.1, 0.15) is 32.1 Å². The summed E-state index contributed by atoms with van der Waals surface area (Å²) in [6, 6.07) is 0.909. The summed E-state index contributed by atoms with van der Waals surface area (Å²) in [5, 5.41) is 2.42. The number of nitrogens with two attached hydrogens (primary N) is 1. The van der Waals surface area contributed by atoms with Crippen LogP contribution in [0.15, 0.2) is 12.7 Å². The zero-order valence-corrected chi connectivity index (χ0v) is 6.68. The molecule has 2 N–H and O–H groups in total. The molecule has 0 unspecified atom stereocenters. The Morgan fingerprint density at radius 1 is 1.30 bits per heavy atom. The maximum Gasteiger partial charge on any atom is 0.0941 e. The van der Waals surface area contributed by atoms with Gasteiger partial charge in [-0.25, -0.2) is 0 Å². The highest BCUT2D eigenvalue weighted by atomic mass is 14.9. The SMILES string of the molecule is C=CC[NH2+]C1CCCCC1. The van der Waals surface area contributed by atoms with Crippen molar-refractivity contribution >= 4 is 0 Å². The molecular formula is C9H18N+. The minimum absolute atomic E-state index is 0.909. The van der Waals surface area contributed by atoms with Gasteiger partial charge in [0.1, 0.15) is 0 Å². The van der Waals surface area contributed by atoms with Crippen LogP contribution >= 0.6 is 0 Å². The lowest BCUT2D eigenvalue weighted by atomic mass is 9.96. The molecule has 0 spiro atoms. The molecule has 0 bridgehead atoms. The summed E-state index contributed by atoms with van der Waals surface area (Å²) in [6.45, 7) is 4.82. The molecule has 1 fully saturated rings. The van der Waals surface area contributed by atoms with Crippen molar-refractivity contribution in [3.63, 3.8) is 0 Å². The van der Waals surface area contributed by atoms with E-state index in [9.17, 15) is 0 Å². The summed E-state index contributed by atoms with van der Waals surface area (Å²) in [6.07, 6.45) is 9.19. The van der Waals surface area contributed by atoms with Crippen LogP contribution in [0.5, 0.6) is 0 Å². The second kappa shape index (κ2) is 4.51. The first-order chi connectivity index (χ1) is 4.93. The molecule has 0 amide bonds. The van der Waals surface area contributed by atoms with E-state index in [1.165, 1.54) is 32.1 Å². The summed E-state index contributed by atoms with van der Waals surface area (Å²) in [7, 11) is 0. The summed E-state index contributed by atoms with van der Waals surface area (Å²) >= 11 is 0. The van der Waals surface area contributed by atoms with Crippen molar-refractivity contribution in [3.05, 3.63) is 12.7 Å². The van der Waals surface area contributed by atoms with Crippen LogP contribution in [0.25, 0.3) is 0 Å². The van der Waals surface area contributed by atoms with Gasteiger partial charge in [0.05, 0.1) is 12.6 Å². The fraction of sp³-hybridized carbons (Fsp3) is 0.778. The second-order valence-corrected chi connectivity index (χ2v) is 3.16. The standard InChI is InChI=1S/C9H17N/c1-2-8-10-9-6-4-3-5-7-9/h2,9-10H,1,3-8H2/p+1. The molecule has 0 aromatic heterocycles. The zero-order chi connectivity index (χ0) is 7.23. The maximum absolute atomic E-state index is 3.71. The Bertz CT molecular complexity index is 92.9. The van der Waals surface area contributed by atoms with Gasteiger partial charge >= 0.3 is 0 Å². The van der Waals surface area contributed by atoms with E-state index >= 15 is 0 Å². The Morgan fingerprint density at radius 2 is 2.00 bits per heavy atom. The first-order valence-electron chi connectivity index (χ1n) is 4.37. The molecule has 10 heavy (non-hydrogen) atoms. The molecule has 0 saturated heterocycles. The third-order valence-electron chi connectivity index (χ3n) is 2.29. The van der Waals surface area contributed by atoms with E-state index in [1.807, 2.05) is 6.08 Å². The van der Waals surface area contributed by atoms with Crippen LogP contribution in [0.2, 0.25) is 0 Å². The predicted octanol–water partition coefficient (Wildman–Crippen LogP) is 1.07. The zero-order valence-electron chi connectivity index (χ0n) is 6.68. The van der Waals surface area contributed by atoms with Gasteiger partial charge in [0.2, 0.25) is 0 Å². The second-order valence-electron chi connectivity index (χ2n) is 3.16. The Labute approximate surface area is 63.5 Å². The topological polar surface area (TPSA) is 16.6 Å². The highest BCUT2D eigenvalue weighted by Gasteiger charge is 2.14. The average molecular weight is 140 g/mol. The molecular weight excluding hydrogens is 122 g/mol. The molecule has 58 valence electrons. The van der Waals surface area contributed by atoms with E-state index < -0.39 is 0 Å². The van der Waals surface area contributed by atoms with Crippen molar-refractivity contribution in [3.8, 4) is 0 Å². The molecule has 1 aliphatic rings. The summed E-state index contributed by atoms with van der Waals surface area (Å²) in [5.74, 6) is 0. The smallest absolute Gasteiger partial charge is 0.0941 e. The molecule has 1 rings (SSSR count). The Morgan fingerprint density at radius 3 is 2.60 bits per heavy atom. The van der Waals surface area contributed by atoms with Crippen LogP contribution in [0, 0.1) is 0 Å². The Hall–Kier alpha value is -0.300. The lowest BCUT2D eigenvalue weighted by molar-refractivity contribution is -0.683. The lowest BCUT2D eigenvalue weighted by Gasteiger charge is -2.18. The molecule has 0 heterocycles. The molecule has 0 atom stereocenters. The van der Waals surface area contributed by atoms with Gasteiger partial charge in [0, 0.05) is 0 Å². The van der Waals surface area contributed by atoms with Crippen LogP contribution in [0.4, 0.5) is 0 Å². The number of rotatable bonds is 3. The van der Waals surface area contributed by atoms with E-state index in [0.29, 0.717) is 0 Å². The van der Waals surface area contributed by atoms with Crippen molar-refractivity contribution in [1.82, 2.24) is 0 Å². The monoisotopic (exact) mass is 140 g/mol. The predicted molar refractivity (Wildman–Crippen MR) is 43.9 cm³/mol. The van der Waals surface area contributed by atoms with Crippen molar-refractivity contribution in [2.24, 2.45) is 0 Å². The molecule has 0 aromatic rings. The third kappa shape index (κ3) is 2.53. The van der Waals surface area contributed by atoms with E-state index in [-0.39, 0.29) is 0 Å². The largest absolute Gasteiger partial charge is 0.341 e. The molecule has 0 aromatic carbocycles. The minimum Gasteiger partial charge on any atom is -0.341 e. The third-order valence-corrected chi connectivity index (χ3v) is 2.29. The van der Waals surface area contributed by atoms with Gasteiger partial charge in [-0.05, 0) is 31.8 Å². The van der Waals surface area contributed by atoms with Crippen molar-refractivity contribution < 1.29 is 5.32 Å². The average Bonchev–Trinajstić information content (AvgIpc) is 2.03. The molecule has 1 nitrogen and oxygen atoms in total. The quantitative estimate of drug-likeness (QED) is 0.565. The van der Waals surface area contributed by atoms with Crippen molar-refractivity contribution in [2.75, 3.05) is 6.54 Å². The lowest BCUT2D eigenvalue weighted by Crippen LogP contribution is -2.89. The highest BCUT2D eigenvalue weighted by Crippen LogP contribution is 2.14. The van der Waals surface area contributed by atoms with Gasteiger partial charge in [0.25, 0.3) is 0 Å². The van der Waals surface area contributed by atoms with E-state index in [1.54, 1.807) is 0 Å². The van der Waals surface area contributed by atoms with Crippen LogP contribution in [-0.2, 0) is 0 Å². The summed E-state index contributed by atoms with van der Waals surface area (Å²) in [4.78, 5) is 0. The van der Waals surface area contributed by atoms with Crippen molar-refractivity contribution in [2.45, 2.75) is 38.1 Å². The van der Waals surface area contributed by atoms with Gasteiger partial charge < -0.3 is 5.32 Å². The molecule has 1 heteroatoms. The maximum atomic E-state index is 3.71. The summed E-state index contributed by atoms with van der Waals surface area (Å²) in [5.41, 5.74) is 0. The van der Waals surface area contributed by atoms with Gasteiger partial charge in [-0.3, -0.25) is 0 Å². The fourth-order valence-electron chi connectivity index (χ4n) is 1.66. The normalized spacial score (nSPS) is 20.8. The number of quaternary nitrogens is 1. The van der Waals surface area contributed by atoms with Crippen LogP contribution in [0.3, 0.4) is 0 Å². The van der Waals surface area contributed by atoms with Gasteiger partial charge in [0.15, 0.2) is 0 Å². The number of hydrogen-bond acceptors (Lipinski definition) is 0. The van der Waals surface area contributed by atoms with Gasteiger partial charge in [-0.15, -0.1) is 0 Å². The summed E-state index contributed by atoms with van der Waals surface area (Å²) < 4.78 is 0. The first-order valence-corrected chi connectivity index (χ1v) is 4.37. The van der Waals surface area contributed by atoms with E-state index in [2.05, 4.69) is 11.9 Å². The van der Waals surface area contributed by atoms with Crippen LogP contribution in [-0.4, -0.2) is 12.6 Å². The minimum atomic E-state index is 0.909.